The number of carbonyl (C=O) groups excluding carboxylic acids is 2. The maximum absolute atomic E-state index is 13.8. The smallest absolute Gasteiger partial charge is 0.251 e. The summed E-state index contributed by atoms with van der Waals surface area (Å²) in [5, 5.41) is 0.786. The Bertz CT molecular complexity index is 1670. The summed E-state index contributed by atoms with van der Waals surface area (Å²) in [6.45, 7) is 11.6. The lowest BCUT2D eigenvalue weighted by molar-refractivity contribution is -0.115. The largest absolute Gasteiger partial charge is 0.354 e. The highest BCUT2D eigenvalue weighted by Crippen LogP contribution is 2.31. The maximum Gasteiger partial charge on any atom is 0.251 e. The molecular weight excluding hydrogens is 526 g/mol. The molecule has 1 N–H and O–H groups in total. The Morgan fingerprint density at radius 1 is 1.05 bits per heavy atom. The molecule has 218 valence electrons. The van der Waals surface area contributed by atoms with Crippen LogP contribution < -0.4 is 10.5 Å². The zero-order valence-electron chi connectivity index (χ0n) is 24.8. The summed E-state index contributed by atoms with van der Waals surface area (Å²) in [6.07, 6.45) is 7.30. The molecule has 4 aromatic rings. The van der Waals surface area contributed by atoms with Gasteiger partial charge in [0.15, 0.2) is 11.6 Å². The number of anilines is 1. The molecule has 5 rings (SSSR count). The highest BCUT2D eigenvalue weighted by molar-refractivity contribution is 6.09. The minimum Gasteiger partial charge on any atom is -0.354 e. The van der Waals surface area contributed by atoms with E-state index in [1.54, 1.807) is 0 Å². The molecule has 0 atom stereocenters. The Labute approximate surface area is 246 Å². The quantitative estimate of drug-likeness (QED) is 0.204. The number of benzene rings is 1. The van der Waals surface area contributed by atoms with Gasteiger partial charge in [0, 0.05) is 78.3 Å². The van der Waals surface area contributed by atoms with Crippen molar-refractivity contribution in [2.24, 2.45) is 0 Å². The first-order valence-electron chi connectivity index (χ1n) is 14.7. The molecule has 1 aliphatic heterocycles. The van der Waals surface area contributed by atoms with Gasteiger partial charge in [-0.25, -0.2) is 4.98 Å². The molecule has 0 radical (unpaired) electrons. The van der Waals surface area contributed by atoms with Crippen molar-refractivity contribution in [1.82, 2.24) is 19.4 Å². The van der Waals surface area contributed by atoms with Crippen LogP contribution in [0.25, 0.3) is 22.0 Å². The van der Waals surface area contributed by atoms with Gasteiger partial charge in [0.05, 0.1) is 6.54 Å². The fourth-order valence-electron chi connectivity index (χ4n) is 5.77. The summed E-state index contributed by atoms with van der Waals surface area (Å²) < 4.78 is 1.86. The van der Waals surface area contributed by atoms with Gasteiger partial charge in [-0.3, -0.25) is 14.4 Å². The molecule has 0 aliphatic carbocycles. The molecular formula is C34H39N5O3. The topological polar surface area (TPSA) is 91.3 Å². The van der Waals surface area contributed by atoms with Crippen LogP contribution in [0.15, 0.2) is 66.2 Å². The third-order valence-corrected chi connectivity index (χ3v) is 8.14. The summed E-state index contributed by atoms with van der Waals surface area (Å²) in [5.74, 6) is 0.792. The van der Waals surface area contributed by atoms with Crippen LogP contribution >= 0.6 is 0 Å². The molecule has 1 saturated heterocycles. The third-order valence-electron chi connectivity index (χ3n) is 8.14. The average molecular weight is 566 g/mol. The fraction of sp³-hybridized carbons (Fsp3) is 0.353. The number of pyridine rings is 2. The van der Waals surface area contributed by atoms with Gasteiger partial charge in [-0.1, -0.05) is 19.9 Å². The van der Waals surface area contributed by atoms with Crippen LogP contribution in [0.4, 0.5) is 5.82 Å². The van der Waals surface area contributed by atoms with Crippen molar-refractivity contribution in [2.75, 3.05) is 38.1 Å². The minimum absolute atomic E-state index is 0.0425. The molecule has 0 unspecified atom stereocenters. The summed E-state index contributed by atoms with van der Waals surface area (Å²) in [4.78, 5) is 51.1. The molecule has 8 nitrogen and oxygen atoms in total. The summed E-state index contributed by atoms with van der Waals surface area (Å²) >= 11 is 0. The second-order valence-corrected chi connectivity index (χ2v) is 11.2. The van der Waals surface area contributed by atoms with E-state index >= 15 is 0 Å². The van der Waals surface area contributed by atoms with E-state index < -0.39 is 0 Å². The molecule has 1 aromatic carbocycles. The third kappa shape index (κ3) is 6.29. The van der Waals surface area contributed by atoms with E-state index in [2.05, 4.69) is 35.3 Å². The molecule has 0 spiro atoms. The zero-order valence-corrected chi connectivity index (χ0v) is 24.8. The number of aryl methyl sites for hydroxylation is 2. The number of Topliss-reactive ketones (excluding diaryl/α,β-unsaturated/α-hetero) is 1. The number of nitrogens with zero attached hydrogens (tertiary/aromatic N) is 4. The predicted molar refractivity (Wildman–Crippen MR) is 169 cm³/mol. The van der Waals surface area contributed by atoms with E-state index in [4.69, 9.17) is 4.98 Å². The standard InChI is InChI=1S/C34H39N5O3/c1-5-7-24-18-23(3)36-34(42)28(24)9-10-32(41)30-19-26(20-31-29(30)12-13-39(31)22-27(40)6-2)25-8-11-33(35-21-25)38-16-14-37(4)15-17-38/h6,8,11-13,18-21H,2,5,7,9-10,14-17,22H2,1,3-4H3,(H,36,42). The number of nitrogens with one attached hydrogen (secondary N) is 1. The van der Waals surface area contributed by atoms with Crippen molar-refractivity contribution in [3.63, 3.8) is 0 Å². The molecule has 42 heavy (non-hydrogen) atoms. The van der Waals surface area contributed by atoms with Gasteiger partial charge >= 0.3 is 0 Å². The number of hydrogen-bond donors (Lipinski definition) is 1. The number of aromatic nitrogens is 3. The highest BCUT2D eigenvalue weighted by Gasteiger charge is 2.19. The second kappa shape index (κ2) is 12.7. The molecule has 8 heteroatoms. The van der Waals surface area contributed by atoms with E-state index in [1.807, 2.05) is 60.3 Å². The van der Waals surface area contributed by atoms with Gasteiger partial charge in [-0.05, 0) is 80.4 Å². The monoisotopic (exact) mass is 565 g/mol. The van der Waals surface area contributed by atoms with Crippen LogP contribution in [0, 0.1) is 6.92 Å². The van der Waals surface area contributed by atoms with Crippen molar-refractivity contribution in [2.45, 2.75) is 46.1 Å². The summed E-state index contributed by atoms with van der Waals surface area (Å²) in [7, 11) is 2.13. The van der Waals surface area contributed by atoms with E-state index in [9.17, 15) is 14.4 Å². The molecule has 1 fully saturated rings. The number of ketones is 2. The first kappa shape index (κ1) is 29.2. The normalized spacial score (nSPS) is 13.9. The van der Waals surface area contributed by atoms with Crippen molar-refractivity contribution in [1.29, 1.82) is 0 Å². The molecule has 1 aliphatic rings. The first-order valence-corrected chi connectivity index (χ1v) is 14.7. The molecule has 3 aromatic heterocycles. The minimum atomic E-state index is -0.120. The number of likely N-dealkylation sites (N-methyl/N-ethyl adjacent to an activating group) is 1. The number of H-pyrrole nitrogens is 1. The van der Waals surface area contributed by atoms with E-state index in [1.165, 1.54) is 6.08 Å². The van der Waals surface area contributed by atoms with Gasteiger partial charge in [0.25, 0.3) is 5.56 Å². The molecule has 4 heterocycles. The van der Waals surface area contributed by atoms with Gasteiger partial charge in [-0.15, -0.1) is 0 Å². The number of fused-ring (bicyclic) bond motifs is 1. The Kier molecular flexibility index (Phi) is 8.83. The van der Waals surface area contributed by atoms with Crippen molar-refractivity contribution in [3.05, 3.63) is 94.2 Å². The number of aromatic amines is 1. The van der Waals surface area contributed by atoms with E-state index in [0.717, 1.165) is 78.1 Å². The number of carbonyl (C=O) groups is 2. The Hall–Kier alpha value is -4.30. The van der Waals surface area contributed by atoms with Crippen LogP contribution in [-0.4, -0.2) is 64.2 Å². The zero-order chi connectivity index (χ0) is 29.8. The van der Waals surface area contributed by atoms with Crippen molar-refractivity contribution in [3.8, 4) is 11.1 Å². The number of hydrogen-bond acceptors (Lipinski definition) is 6. The second-order valence-electron chi connectivity index (χ2n) is 11.2. The summed E-state index contributed by atoms with van der Waals surface area (Å²) in [6, 6.07) is 11.9. The van der Waals surface area contributed by atoms with Crippen LogP contribution in [0.2, 0.25) is 0 Å². The first-order chi connectivity index (χ1) is 20.3. The number of piperazine rings is 1. The lowest BCUT2D eigenvalue weighted by Gasteiger charge is -2.33. The van der Waals surface area contributed by atoms with Crippen LogP contribution in [0.1, 0.15) is 46.9 Å². The predicted octanol–water partition coefficient (Wildman–Crippen LogP) is 4.97. The summed E-state index contributed by atoms with van der Waals surface area (Å²) in [5.41, 5.74) is 5.53. The molecule has 0 saturated carbocycles. The average Bonchev–Trinajstić information content (AvgIpc) is 3.39. The van der Waals surface area contributed by atoms with Crippen molar-refractivity contribution >= 4 is 28.3 Å². The van der Waals surface area contributed by atoms with Crippen LogP contribution in [-0.2, 0) is 24.2 Å². The maximum atomic E-state index is 13.8. The fourth-order valence-corrected chi connectivity index (χ4v) is 5.77. The Morgan fingerprint density at radius 2 is 1.83 bits per heavy atom. The molecule has 0 bridgehead atoms. The lowest BCUT2D eigenvalue weighted by Crippen LogP contribution is -2.44. The molecule has 0 amide bonds. The highest BCUT2D eigenvalue weighted by atomic mass is 16.1. The van der Waals surface area contributed by atoms with Crippen LogP contribution in [0.5, 0.6) is 0 Å². The number of rotatable bonds is 11. The van der Waals surface area contributed by atoms with Crippen LogP contribution in [0.3, 0.4) is 0 Å². The van der Waals surface area contributed by atoms with Gasteiger partial charge in [0.2, 0.25) is 0 Å². The lowest BCUT2D eigenvalue weighted by atomic mass is 9.94. The Balaban J connectivity index is 1.49. The van der Waals surface area contributed by atoms with E-state index in [0.29, 0.717) is 17.5 Å². The van der Waals surface area contributed by atoms with Crippen molar-refractivity contribution < 1.29 is 9.59 Å². The van der Waals surface area contributed by atoms with E-state index in [-0.39, 0.29) is 30.1 Å². The Morgan fingerprint density at radius 3 is 2.52 bits per heavy atom. The van der Waals surface area contributed by atoms with Gasteiger partial charge < -0.3 is 19.4 Å². The number of allylic oxidation sites excluding steroid dienone is 1. The SMILES string of the molecule is C=CC(=O)Cn1ccc2c(C(=O)CCc3c(CCC)cc(C)[nH]c3=O)cc(-c3ccc(N4CCN(C)CC4)nc3)cc21. The van der Waals surface area contributed by atoms with Gasteiger partial charge in [-0.2, -0.15) is 0 Å². The van der Waals surface area contributed by atoms with Gasteiger partial charge in [0.1, 0.15) is 5.82 Å².